The Labute approximate surface area is 381 Å². The van der Waals surface area contributed by atoms with Crippen molar-refractivity contribution >= 4 is 0 Å². The maximum atomic E-state index is 2.35. The van der Waals surface area contributed by atoms with Crippen LogP contribution >= 0.6 is 0 Å². The van der Waals surface area contributed by atoms with Crippen LogP contribution in [0, 0.1) is 0 Å². The first-order valence-electron chi connectivity index (χ1n) is 22.5. The van der Waals surface area contributed by atoms with Crippen molar-refractivity contribution < 1.29 is 0 Å². The highest BCUT2D eigenvalue weighted by Gasteiger charge is 2.38. The zero-order valence-corrected chi connectivity index (χ0v) is 35.9. The minimum Gasteiger partial charge on any atom is -0.0610 e. The lowest BCUT2D eigenvalue weighted by atomic mass is 9.64. The summed E-state index contributed by atoms with van der Waals surface area (Å²) in [5, 5.41) is 0. The van der Waals surface area contributed by atoms with E-state index in [1.165, 1.54) is 111 Å². The highest BCUT2D eigenvalue weighted by molar-refractivity contribution is 5.77. The minimum atomic E-state index is -0.663. The number of rotatable bonds is 8. The molecule has 65 heavy (non-hydrogen) atoms. The number of hydrogen-bond donors (Lipinski definition) is 0. The van der Waals surface area contributed by atoms with E-state index in [9.17, 15) is 0 Å². The fourth-order valence-electron chi connectivity index (χ4n) is 10.1. The van der Waals surface area contributed by atoms with Crippen LogP contribution in [0.4, 0.5) is 0 Å². The molecule has 0 heteroatoms. The molecule has 0 fully saturated rings. The normalized spacial score (nSPS) is 11.7. The SMILES string of the molecule is c1cc2ccc(-c3ccc(C(c4ccc(-c5ccc6cccc-6cc5)cc4)(c4ccc(-c5ccc6cccc-6cc5)cc4)c4ccc(-c5ccc6cccc-6cc5)cc4)cc3)ccc-2c1. The molecule has 0 bridgehead atoms. The summed E-state index contributed by atoms with van der Waals surface area (Å²) < 4.78 is 0. The summed E-state index contributed by atoms with van der Waals surface area (Å²) in [6, 6.07) is 99.0. The summed E-state index contributed by atoms with van der Waals surface area (Å²) in [4.78, 5) is 0. The van der Waals surface area contributed by atoms with Crippen molar-refractivity contribution in [3.8, 4) is 89.0 Å². The summed E-state index contributed by atoms with van der Waals surface area (Å²) in [5.74, 6) is 0. The van der Waals surface area contributed by atoms with Crippen LogP contribution in [0.15, 0.2) is 267 Å². The van der Waals surface area contributed by atoms with E-state index in [1.54, 1.807) is 0 Å². The lowest BCUT2D eigenvalue weighted by Crippen LogP contribution is -2.31. The number of benzene rings is 4. The fraction of sp³-hybridized carbons (Fsp3) is 0.0154. The first kappa shape index (κ1) is 38.4. The van der Waals surface area contributed by atoms with Crippen LogP contribution in [0.1, 0.15) is 22.3 Å². The molecule has 4 aromatic carbocycles. The van der Waals surface area contributed by atoms with Crippen molar-refractivity contribution in [2.45, 2.75) is 5.41 Å². The molecule has 12 rings (SSSR count). The molecule has 0 atom stereocenters. The average Bonchev–Trinajstić information content (AvgIpc) is 4.12. The maximum absolute atomic E-state index is 2.35. The van der Waals surface area contributed by atoms with Gasteiger partial charge in [-0.05, 0) is 111 Å². The van der Waals surface area contributed by atoms with Crippen molar-refractivity contribution in [1.82, 2.24) is 0 Å². The topological polar surface area (TPSA) is 0 Å². The van der Waals surface area contributed by atoms with Crippen molar-refractivity contribution in [2.24, 2.45) is 0 Å². The van der Waals surface area contributed by atoms with E-state index < -0.39 is 5.41 Å². The molecule has 0 spiro atoms. The van der Waals surface area contributed by atoms with Crippen LogP contribution < -0.4 is 0 Å². The lowest BCUT2D eigenvalue weighted by molar-refractivity contribution is 0.745. The largest absolute Gasteiger partial charge is 0.0701 e. The molecule has 0 amide bonds. The van der Waals surface area contributed by atoms with Crippen LogP contribution in [-0.2, 0) is 5.41 Å². The Morgan fingerprint density at radius 1 is 0.123 bits per heavy atom. The van der Waals surface area contributed by atoms with Crippen LogP contribution in [0.3, 0.4) is 0 Å². The molecule has 0 saturated heterocycles. The quantitative estimate of drug-likeness (QED) is 0.134. The summed E-state index contributed by atoms with van der Waals surface area (Å²) in [6.07, 6.45) is 0. The van der Waals surface area contributed by atoms with Gasteiger partial charge in [-0.3, -0.25) is 0 Å². The van der Waals surface area contributed by atoms with Gasteiger partial charge in [0.05, 0.1) is 5.41 Å². The van der Waals surface area contributed by atoms with E-state index in [0.717, 1.165) is 0 Å². The molecular weight excluding hydrogens is 781 g/mol. The molecular formula is C65H44. The van der Waals surface area contributed by atoms with Gasteiger partial charge in [-0.1, -0.05) is 267 Å². The third-order valence-electron chi connectivity index (χ3n) is 13.7. The van der Waals surface area contributed by atoms with Gasteiger partial charge in [-0.15, -0.1) is 0 Å². The van der Waals surface area contributed by atoms with E-state index in [1.807, 2.05) is 0 Å². The molecule has 0 heterocycles. The molecule has 0 unspecified atom stereocenters. The molecule has 304 valence electrons. The highest BCUT2D eigenvalue weighted by atomic mass is 14.4. The Balaban J connectivity index is 1.04. The van der Waals surface area contributed by atoms with E-state index in [2.05, 4.69) is 267 Å². The number of fused-ring (bicyclic) bond motifs is 4. The van der Waals surface area contributed by atoms with Crippen molar-refractivity contribution in [3.63, 3.8) is 0 Å². The second-order valence-electron chi connectivity index (χ2n) is 17.3. The molecule has 4 aromatic rings. The van der Waals surface area contributed by atoms with Gasteiger partial charge in [0.2, 0.25) is 0 Å². The van der Waals surface area contributed by atoms with Gasteiger partial charge >= 0.3 is 0 Å². The second-order valence-corrected chi connectivity index (χ2v) is 17.3. The molecule has 0 aliphatic heterocycles. The Morgan fingerprint density at radius 2 is 0.231 bits per heavy atom. The lowest BCUT2D eigenvalue weighted by Gasteiger charge is -2.37. The third-order valence-corrected chi connectivity index (χ3v) is 13.7. The predicted molar refractivity (Wildman–Crippen MR) is 273 cm³/mol. The van der Waals surface area contributed by atoms with Crippen LogP contribution in [0.5, 0.6) is 0 Å². The van der Waals surface area contributed by atoms with Crippen LogP contribution in [-0.4, -0.2) is 0 Å². The van der Waals surface area contributed by atoms with Crippen LogP contribution in [0.25, 0.3) is 89.0 Å². The Morgan fingerprint density at radius 3 is 0.369 bits per heavy atom. The first-order chi connectivity index (χ1) is 32.2. The van der Waals surface area contributed by atoms with E-state index in [0.29, 0.717) is 0 Å². The Kier molecular flexibility index (Phi) is 9.50. The van der Waals surface area contributed by atoms with Gasteiger partial charge in [0.15, 0.2) is 0 Å². The van der Waals surface area contributed by atoms with Gasteiger partial charge in [0.1, 0.15) is 0 Å². The van der Waals surface area contributed by atoms with Gasteiger partial charge in [-0.2, -0.15) is 0 Å². The molecule has 0 aromatic heterocycles. The van der Waals surface area contributed by atoms with Crippen LogP contribution in [0.2, 0.25) is 0 Å². The summed E-state index contributed by atoms with van der Waals surface area (Å²) in [6.45, 7) is 0. The van der Waals surface area contributed by atoms with E-state index in [-0.39, 0.29) is 0 Å². The van der Waals surface area contributed by atoms with Gasteiger partial charge < -0.3 is 0 Å². The van der Waals surface area contributed by atoms with Crippen molar-refractivity contribution in [1.29, 1.82) is 0 Å². The number of hydrogen-bond acceptors (Lipinski definition) is 0. The standard InChI is InChI=1S/C65H44/c1-5-45-13-21-53(22-14-46(45)6-1)57-29-37-61(38-30-57)65(62-39-31-58(32-40-62)54-23-15-47-7-2-8-48(47)16-24-54,63-41-33-59(34-42-63)55-25-17-49-9-3-10-50(49)18-26-55)64-43-35-60(36-44-64)56-27-19-51-11-4-12-52(51)20-28-56/h1-44H. The monoisotopic (exact) mass is 824 g/mol. The third kappa shape index (κ3) is 6.97. The maximum Gasteiger partial charge on any atom is 0.0701 e. The van der Waals surface area contributed by atoms with Gasteiger partial charge in [0.25, 0.3) is 0 Å². The zero-order chi connectivity index (χ0) is 43.2. The van der Waals surface area contributed by atoms with Crippen molar-refractivity contribution in [3.05, 3.63) is 289 Å². The predicted octanol–water partition coefficient (Wildman–Crippen LogP) is 17.2. The van der Waals surface area contributed by atoms with E-state index in [4.69, 9.17) is 0 Å². The Hall–Kier alpha value is -8.32. The average molecular weight is 825 g/mol. The summed E-state index contributed by atoms with van der Waals surface area (Å²) in [7, 11) is 0. The molecule has 0 N–H and O–H groups in total. The molecule has 8 aliphatic carbocycles. The molecule has 0 radical (unpaired) electrons. The summed E-state index contributed by atoms with van der Waals surface area (Å²) in [5.41, 5.74) is 23.6. The van der Waals surface area contributed by atoms with Crippen molar-refractivity contribution in [2.75, 3.05) is 0 Å². The molecule has 0 saturated carbocycles. The summed E-state index contributed by atoms with van der Waals surface area (Å²) >= 11 is 0. The van der Waals surface area contributed by atoms with E-state index >= 15 is 0 Å². The molecule has 0 nitrogen and oxygen atoms in total. The fourth-order valence-corrected chi connectivity index (χ4v) is 10.1. The zero-order valence-electron chi connectivity index (χ0n) is 35.9. The Bertz CT molecular complexity index is 2850. The smallest absolute Gasteiger partial charge is 0.0610 e. The highest BCUT2D eigenvalue weighted by Crippen LogP contribution is 2.47. The van der Waals surface area contributed by atoms with Gasteiger partial charge in [-0.25, -0.2) is 0 Å². The first-order valence-corrected chi connectivity index (χ1v) is 22.5. The second kappa shape index (κ2) is 16.1. The molecule has 8 aliphatic rings. The van der Waals surface area contributed by atoms with Gasteiger partial charge in [0, 0.05) is 0 Å². The minimum absolute atomic E-state index is 0.663.